The highest BCUT2D eigenvalue weighted by Crippen LogP contribution is 2.42. The Morgan fingerprint density at radius 3 is 2.23 bits per heavy atom. The van der Waals surface area contributed by atoms with Gasteiger partial charge in [0.25, 0.3) is 0 Å². The molecule has 2 aromatic carbocycles. The van der Waals surface area contributed by atoms with E-state index in [0.717, 1.165) is 12.3 Å². The molecule has 2 aliphatic rings. The molecule has 0 N–H and O–H groups in total. The Labute approximate surface area is 182 Å². The molecule has 0 atom stereocenters. The molecule has 4 rings (SSSR count). The van der Waals surface area contributed by atoms with Gasteiger partial charge in [-0.2, -0.15) is 0 Å². The number of halogens is 1. The van der Waals surface area contributed by atoms with Crippen molar-refractivity contribution >= 4 is 18.8 Å². The van der Waals surface area contributed by atoms with Gasteiger partial charge in [0, 0.05) is 0 Å². The van der Waals surface area contributed by atoms with Gasteiger partial charge < -0.3 is 0 Å². The summed E-state index contributed by atoms with van der Waals surface area (Å²) in [5.41, 5.74) is 4.17. The first-order valence-electron chi connectivity index (χ1n) is 11.9. The highest BCUT2D eigenvalue weighted by molar-refractivity contribution is 6.92. The van der Waals surface area contributed by atoms with Crippen molar-refractivity contribution < 1.29 is 4.39 Å². The highest BCUT2D eigenvalue weighted by Gasteiger charge is 2.39. The standard InChI is InChI=1S/C28H35FSi/c1-2-3-7-20-30(28-8-5-4-6-9-28)21-18-26(19-22-30)24-12-10-23(11-13-24)25-14-16-27(29)17-15-25/h4-6,8-10,12,14-17,26H,2-3,7,11,13,18-22H2,1H3. The zero-order valence-corrected chi connectivity index (χ0v) is 19.4. The number of benzene rings is 2. The minimum absolute atomic E-state index is 0.154. The van der Waals surface area contributed by atoms with Crippen LogP contribution in [0.15, 0.2) is 72.3 Å². The van der Waals surface area contributed by atoms with Crippen molar-refractivity contribution in [1.29, 1.82) is 0 Å². The van der Waals surface area contributed by atoms with Crippen molar-refractivity contribution in [2.75, 3.05) is 0 Å². The second-order valence-electron chi connectivity index (χ2n) is 9.32. The van der Waals surface area contributed by atoms with Crippen LogP contribution in [-0.4, -0.2) is 8.07 Å². The molecule has 0 radical (unpaired) electrons. The number of unbranched alkanes of at least 4 members (excludes halogenated alkanes) is 2. The van der Waals surface area contributed by atoms with E-state index in [9.17, 15) is 4.39 Å². The molecule has 1 heterocycles. The third-order valence-corrected chi connectivity index (χ3v) is 12.9. The molecule has 1 aliphatic heterocycles. The van der Waals surface area contributed by atoms with Gasteiger partial charge in [-0.25, -0.2) is 4.39 Å². The first-order valence-corrected chi connectivity index (χ1v) is 14.5. The number of hydrogen-bond donors (Lipinski definition) is 0. The first-order chi connectivity index (χ1) is 14.7. The van der Waals surface area contributed by atoms with E-state index < -0.39 is 8.07 Å². The highest BCUT2D eigenvalue weighted by atomic mass is 28.3. The summed E-state index contributed by atoms with van der Waals surface area (Å²) in [7, 11) is -1.35. The molecule has 0 amide bonds. The van der Waals surface area contributed by atoms with Crippen LogP contribution in [0.3, 0.4) is 0 Å². The lowest BCUT2D eigenvalue weighted by Crippen LogP contribution is -2.50. The molecule has 0 saturated carbocycles. The molecule has 0 nitrogen and oxygen atoms in total. The van der Waals surface area contributed by atoms with Crippen LogP contribution in [0.4, 0.5) is 4.39 Å². The summed E-state index contributed by atoms with van der Waals surface area (Å²) >= 11 is 0. The molecule has 30 heavy (non-hydrogen) atoms. The maximum Gasteiger partial charge on any atom is 0.123 e. The fraction of sp³-hybridized carbons (Fsp3) is 0.429. The zero-order chi connectivity index (χ0) is 20.8. The summed E-state index contributed by atoms with van der Waals surface area (Å²) in [5.74, 6) is 0.616. The van der Waals surface area contributed by atoms with Crippen molar-refractivity contribution in [1.82, 2.24) is 0 Å². The van der Waals surface area contributed by atoms with Crippen molar-refractivity contribution in [2.24, 2.45) is 5.92 Å². The van der Waals surface area contributed by atoms with E-state index in [1.54, 1.807) is 22.9 Å². The Morgan fingerprint density at radius 1 is 0.867 bits per heavy atom. The van der Waals surface area contributed by atoms with Gasteiger partial charge in [-0.05, 0) is 54.9 Å². The quantitative estimate of drug-likeness (QED) is 0.317. The summed E-state index contributed by atoms with van der Waals surface area (Å²) in [4.78, 5) is 0. The van der Waals surface area contributed by atoms with Crippen molar-refractivity contribution in [3.63, 3.8) is 0 Å². The van der Waals surface area contributed by atoms with E-state index in [1.807, 2.05) is 12.1 Å². The summed E-state index contributed by atoms with van der Waals surface area (Å²) < 4.78 is 13.2. The molecule has 0 unspecified atom stereocenters. The average molecular weight is 419 g/mol. The Hall–Kier alpha value is -1.93. The first kappa shape index (κ1) is 21.3. The summed E-state index contributed by atoms with van der Waals surface area (Å²) in [6, 6.07) is 22.9. The third kappa shape index (κ3) is 4.86. The maximum absolute atomic E-state index is 13.2. The fourth-order valence-corrected chi connectivity index (χ4v) is 10.9. The van der Waals surface area contributed by atoms with Crippen LogP contribution in [0.25, 0.3) is 5.57 Å². The lowest BCUT2D eigenvalue weighted by molar-refractivity contribution is 0.518. The van der Waals surface area contributed by atoms with Gasteiger partial charge in [0.15, 0.2) is 0 Å². The molecule has 0 bridgehead atoms. The zero-order valence-electron chi connectivity index (χ0n) is 18.4. The van der Waals surface area contributed by atoms with Gasteiger partial charge >= 0.3 is 0 Å². The fourth-order valence-electron chi connectivity index (χ4n) is 5.63. The SMILES string of the molecule is CCCCC[Si]1(c2ccccc2)CCC(C2=CC=C(c3ccc(F)cc3)CC2)CC1. The van der Waals surface area contributed by atoms with Crippen LogP contribution >= 0.6 is 0 Å². The van der Waals surface area contributed by atoms with E-state index in [0.29, 0.717) is 0 Å². The Kier molecular flexibility index (Phi) is 7.04. The van der Waals surface area contributed by atoms with Gasteiger partial charge in [0.05, 0.1) is 8.07 Å². The summed E-state index contributed by atoms with van der Waals surface area (Å²) in [5, 5.41) is 1.70. The maximum atomic E-state index is 13.2. The van der Waals surface area contributed by atoms with Crippen molar-refractivity contribution in [2.45, 2.75) is 70.0 Å². The van der Waals surface area contributed by atoms with Gasteiger partial charge in [-0.1, -0.05) is 110 Å². The smallest absolute Gasteiger partial charge is 0.123 e. The van der Waals surface area contributed by atoms with E-state index in [-0.39, 0.29) is 5.82 Å². The van der Waals surface area contributed by atoms with Crippen LogP contribution in [0.5, 0.6) is 0 Å². The van der Waals surface area contributed by atoms with Crippen LogP contribution < -0.4 is 5.19 Å². The number of rotatable bonds is 7. The normalized spacial score (nSPS) is 24.3. The number of hydrogen-bond acceptors (Lipinski definition) is 0. The van der Waals surface area contributed by atoms with Gasteiger partial charge in [-0.15, -0.1) is 0 Å². The average Bonchev–Trinajstić information content (AvgIpc) is 2.81. The van der Waals surface area contributed by atoms with E-state index in [1.165, 1.54) is 67.8 Å². The van der Waals surface area contributed by atoms with E-state index >= 15 is 0 Å². The van der Waals surface area contributed by atoms with Gasteiger partial charge in [0.1, 0.15) is 5.82 Å². The van der Waals surface area contributed by atoms with Gasteiger partial charge in [-0.3, -0.25) is 0 Å². The molecular weight excluding hydrogens is 383 g/mol. The van der Waals surface area contributed by atoms with E-state index in [4.69, 9.17) is 0 Å². The van der Waals surface area contributed by atoms with E-state index in [2.05, 4.69) is 49.4 Å². The Balaban J connectivity index is 1.44. The molecule has 1 fully saturated rings. The monoisotopic (exact) mass is 418 g/mol. The van der Waals surface area contributed by atoms with Crippen LogP contribution in [0.1, 0.15) is 57.4 Å². The third-order valence-electron chi connectivity index (χ3n) is 7.51. The van der Waals surface area contributed by atoms with Crippen LogP contribution in [0, 0.1) is 11.7 Å². The lowest BCUT2D eigenvalue weighted by Gasteiger charge is -2.40. The second kappa shape index (κ2) is 9.92. The molecule has 2 heteroatoms. The van der Waals surface area contributed by atoms with Crippen LogP contribution in [-0.2, 0) is 0 Å². The number of allylic oxidation sites excluding steroid dienone is 4. The summed E-state index contributed by atoms with van der Waals surface area (Å²) in [6.07, 6.45) is 13.8. The molecular formula is C28H35FSi. The van der Waals surface area contributed by atoms with Crippen molar-refractivity contribution in [3.8, 4) is 0 Å². The largest absolute Gasteiger partial charge is 0.207 e. The minimum atomic E-state index is -1.35. The predicted molar refractivity (Wildman–Crippen MR) is 130 cm³/mol. The van der Waals surface area contributed by atoms with Crippen molar-refractivity contribution in [3.05, 3.63) is 83.7 Å². The van der Waals surface area contributed by atoms with Gasteiger partial charge in [0.2, 0.25) is 0 Å². The molecule has 158 valence electrons. The second-order valence-corrected chi connectivity index (χ2v) is 14.0. The molecule has 1 saturated heterocycles. The molecule has 2 aromatic rings. The minimum Gasteiger partial charge on any atom is -0.207 e. The topological polar surface area (TPSA) is 0 Å². The lowest BCUT2D eigenvalue weighted by atomic mass is 9.84. The summed E-state index contributed by atoms with van der Waals surface area (Å²) in [6.45, 7) is 2.32. The predicted octanol–water partition coefficient (Wildman–Crippen LogP) is 7.89. The molecule has 1 aliphatic carbocycles. The van der Waals surface area contributed by atoms with Crippen LogP contribution in [0.2, 0.25) is 18.1 Å². The Morgan fingerprint density at radius 2 is 1.60 bits per heavy atom. The Bertz CT molecular complexity index is 871. The molecule has 0 spiro atoms. The molecule has 0 aromatic heterocycles.